The predicted octanol–water partition coefficient (Wildman–Crippen LogP) is 6.86. The van der Waals surface area contributed by atoms with Gasteiger partial charge in [-0.25, -0.2) is 13.9 Å². The summed E-state index contributed by atoms with van der Waals surface area (Å²) in [5, 5.41) is 8.03. The fourth-order valence-corrected chi connectivity index (χ4v) is 5.22. The smallest absolute Gasteiger partial charge is 0.308 e. The van der Waals surface area contributed by atoms with Crippen molar-refractivity contribution in [3.63, 3.8) is 0 Å². The average molecular weight is 506 g/mol. The molecule has 5 aromatic rings. The third kappa shape index (κ3) is 3.96. The Kier molecular flexibility index (Phi) is 5.83. The number of urea groups is 1. The summed E-state index contributed by atoms with van der Waals surface area (Å²) < 4.78 is 18.0. The summed E-state index contributed by atoms with van der Waals surface area (Å²) in [5.41, 5.74) is 7.33. The molecule has 38 heavy (non-hydrogen) atoms. The van der Waals surface area contributed by atoms with Crippen molar-refractivity contribution in [1.82, 2.24) is 19.2 Å². The van der Waals surface area contributed by atoms with E-state index in [1.165, 1.54) is 12.1 Å². The molecule has 0 saturated heterocycles. The number of nitrogens with one attached hydrogen (secondary N) is 1. The van der Waals surface area contributed by atoms with Gasteiger partial charge in [0.25, 0.3) is 0 Å². The molecule has 0 saturated carbocycles. The molecule has 0 aliphatic carbocycles. The van der Waals surface area contributed by atoms with Crippen LogP contribution in [0.5, 0.6) is 0 Å². The maximum absolute atomic E-state index is 14.1. The minimum absolute atomic E-state index is 0.236. The molecule has 0 radical (unpaired) electrons. The van der Waals surface area contributed by atoms with Gasteiger partial charge in [-0.2, -0.15) is 5.10 Å². The zero-order valence-electron chi connectivity index (χ0n) is 21.5. The monoisotopic (exact) mass is 505 g/mol. The zero-order valence-corrected chi connectivity index (χ0v) is 21.5. The van der Waals surface area contributed by atoms with Gasteiger partial charge in [-0.3, -0.25) is 0 Å². The quantitative estimate of drug-likeness (QED) is 0.291. The molecule has 2 aromatic heterocycles. The number of aromatic nitrogens is 3. The Balaban J connectivity index is 1.54. The van der Waals surface area contributed by atoms with Crippen molar-refractivity contribution < 1.29 is 9.18 Å². The average Bonchev–Trinajstić information content (AvgIpc) is 3.48. The molecular formula is C31H28FN5O. The maximum atomic E-state index is 14.1. The second-order valence-electron chi connectivity index (χ2n) is 9.70. The number of carbonyl (C=O) groups excluding carboxylic acids is 1. The number of halogens is 1. The lowest BCUT2D eigenvalue weighted by molar-refractivity contribution is 0.194. The van der Waals surface area contributed by atoms with Crippen LogP contribution in [0.15, 0.2) is 91.1 Å². The molecule has 1 aliphatic heterocycles. The molecule has 1 atom stereocenters. The van der Waals surface area contributed by atoms with Gasteiger partial charge in [0, 0.05) is 17.4 Å². The largest absolute Gasteiger partial charge is 0.322 e. The van der Waals surface area contributed by atoms with E-state index in [2.05, 4.69) is 9.88 Å². The summed E-state index contributed by atoms with van der Waals surface area (Å²) in [6.07, 6.45) is 2.00. The summed E-state index contributed by atoms with van der Waals surface area (Å²) in [6.45, 7) is 6.33. The Labute approximate surface area is 221 Å². The number of para-hydroxylation sites is 1. The van der Waals surface area contributed by atoms with Gasteiger partial charge in [-0.05, 0) is 79.9 Å². The summed E-state index contributed by atoms with van der Waals surface area (Å²) in [4.78, 5) is 15.9. The molecular weight excluding hydrogens is 477 g/mol. The Bertz CT molecular complexity index is 1640. The van der Waals surface area contributed by atoms with Crippen molar-refractivity contribution in [1.29, 1.82) is 0 Å². The molecule has 3 heterocycles. The maximum Gasteiger partial charge on any atom is 0.322 e. The van der Waals surface area contributed by atoms with Gasteiger partial charge in [-0.1, -0.05) is 42.5 Å². The molecule has 2 amide bonds. The van der Waals surface area contributed by atoms with Crippen LogP contribution in [0, 0.1) is 26.6 Å². The van der Waals surface area contributed by atoms with Gasteiger partial charge in [0.15, 0.2) is 0 Å². The number of rotatable bonds is 3. The van der Waals surface area contributed by atoms with Crippen LogP contribution in [-0.4, -0.2) is 25.3 Å². The SMILES string of the molecule is Cc1cccc(NC(=O)N2Cc3c(C)nn(-c4ccccc4)c3-n3cccc3C2c2ccc(F)cc2)c1C. The topological polar surface area (TPSA) is 55.1 Å². The first-order valence-electron chi connectivity index (χ1n) is 12.6. The van der Waals surface area contributed by atoms with E-state index in [4.69, 9.17) is 5.10 Å². The molecule has 1 N–H and O–H groups in total. The molecule has 1 unspecified atom stereocenters. The van der Waals surface area contributed by atoms with Crippen molar-refractivity contribution >= 4 is 11.7 Å². The third-order valence-electron chi connectivity index (χ3n) is 7.38. The van der Waals surface area contributed by atoms with Crippen LogP contribution in [0.2, 0.25) is 0 Å². The molecule has 6 rings (SSSR count). The first kappa shape index (κ1) is 23.7. The molecule has 0 fully saturated rings. The number of nitrogens with zero attached hydrogens (tertiary/aromatic N) is 4. The van der Waals surface area contributed by atoms with Crippen LogP contribution in [0.3, 0.4) is 0 Å². The van der Waals surface area contributed by atoms with Crippen molar-refractivity contribution in [2.75, 3.05) is 5.32 Å². The highest BCUT2D eigenvalue weighted by Gasteiger charge is 2.36. The standard InChI is InChI=1S/C31H28FN5O/c1-20-9-7-12-27(21(20)2)33-31(38)36-19-26-22(3)34-37(25-10-5-4-6-11-25)30(26)35-18-8-13-28(35)29(36)23-14-16-24(32)17-15-23/h4-18,29H,19H2,1-3H3,(H,33,38). The minimum Gasteiger partial charge on any atom is -0.308 e. The number of carbonyl (C=O) groups is 1. The molecule has 6 nitrogen and oxygen atoms in total. The number of amides is 2. The second kappa shape index (κ2) is 9.34. The van der Waals surface area contributed by atoms with Crippen LogP contribution < -0.4 is 5.32 Å². The lowest BCUT2D eigenvalue weighted by atomic mass is 10.0. The van der Waals surface area contributed by atoms with Gasteiger partial charge in [0.05, 0.1) is 29.7 Å². The van der Waals surface area contributed by atoms with E-state index in [0.29, 0.717) is 6.54 Å². The summed E-state index contributed by atoms with van der Waals surface area (Å²) in [6, 6.07) is 25.5. The molecule has 7 heteroatoms. The van der Waals surface area contributed by atoms with E-state index in [0.717, 1.165) is 50.8 Å². The molecule has 190 valence electrons. The lowest BCUT2D eigenvalue weighted by Gasteiger charge is -2.31. The van der Waals surface area contributed by atoms with E-state index in [1.54, 1.807) is 12.1 Å². The number of hydrogen-bond acceptors (Lipinski definition) is 2. The lowest BCUT2D eigenvalue weighted by Crippen LogP contribution is -2.38. The number of fused-ring (bicyclic) bond motifs is 3. The van der Waals surface area contributed by atoms with Crippen LogP contribution in [0.4, 0.5) is 14.9 Å². The van der Waals surface area contributed by atoms with Crippen molar-refractivity contribution in [2.24, 2.45) is 0 Å². The van der Waals surface area contributed by atoms with Crippen molar-refractivity contribution in [2.45, 2.75) is 33.4 Å². The Morgan fingerprint density at radius 3 is 2.45 bits per heavy atom. The van der Waals surface area contributed by atoms with E-state index < -0.39 is 6.04 Å². The minimum atomic E-state index is -0.452. The Morgan fingerprint density at radius 2 is 1.68 bits per heavy atom. The molecule has 1 aliphatic rings. The van der Waals surface area contributed by atoms with E-state index in [-0.39, 0.29) is 11.8 Å². The highest BCUT2D eigenvalue weighted by Crippen LogP contribution is 2.39. The zero-order chi connectivity index (χ0) is 26.4. The Hall–Kier alpha value is -4.65. The van der Waals surface area contributed by atoms with Gasteiger partial charge in [0.2, 0.25) is 0 Å². The Morgan fingerprint density at radius 1 is 0.921 bits per heavy atom. The van der Waals surface area contributed by atoms with Crippen LogP contribution >= 0.6 is 0 Å². The van der Waals surface area contributed by atoms with E-state index in [9.17, 15) is 9.18 Å². The highest BCUT2D eigenvalue weighted by molar-refractivity contribution is 5.91. The number of anilines is 1. The normalized spacial score (nSPS) is 14.5. The van der Waals surface area contributed by atoms with E-state index in [1.807, 2.05) is 97.2 Å². The summed E-state index contributed by atoms with van der Waals surface area (Å²) >= 11 is 0. The van der Waals surface area contributed by atoms with Gasteiger partial charge in [0.1, 0.15) is 11.6 Å². The van der Waals surface area contributed by atoms with Crippen molar-refractivity contribution in [3.8, 4) is 11.5 Å². The first-order chi connectivity index (χ1) is 18.4. The van der Waals surface area contributed by atoms with Gasteiger partial charge >= 0.3 is 6.03 Å². The number of aryl methyl sites for hydroxylation is 2. The van der Waals surface area contributed by atoms with E-state index >= 15 is 0 Å². The summed E-state index contributed by atoms with van der Waals surface area (Å²) in [7, 11) is 0. The summed E-state index contributed by atoms with van der Waals surface area (Å²) in [5.74, 6) is 0.575. The predicted molar refractivity (Wildman–Crippen MR) is 146 cm³/mol. The number of benzene rings is 3. The second-order valence-corrected chi connectivity index (χ2v) is 9.70. The molecule has 3 aromatic carbocycles. The third-order valence-corrected chi connectivity index (χ3v) is 7.38. The van der Waals surface area contributed by atoms with Crippen LogP contribution in [0.25, 0.3) is 11.5 Å². The fraction of sp³-hybridized carbons (Fsp3) is 0.161. The van der Waals surface area contributed by atoms with Crippen LogP contribution in [-0.2, 0) is 6.54 Å². The first-order valence-corrected chi connectivity index (χ1v) is 12.6. The number of hydrogen-bond donors (Lipinski definition) is 1. The van der Waals surface area contributed by atoms with Crippen molar-refractivity contribution in [3.05, 3.63) is 131 Å². The molecule has 0 bridgehead atoms. The molecule has 0 spiro atoms. The fourth-order valence-electron chi connectivity index (χ4n) is 5.22. The van der Waals surface area contributed by atoms with Gasteiger partial charge in [-0.15, -0.1) is 0 Å². The van der Waals surface area contributed by atoms with Gasteiger partial charge < -0.3 is 14.8 Å². The van der Waals surface area contributed by atoms with Crippen LogP contribution in [0.1, 0.15) is 39.7 Å². The highest BCUT2D eigenvalue weighted by atomic mass is 19.1.